The molecule has 3 heteroatoms. The maximum absolute atomic E-state index is 10.9. The van der Waals surface area contributed by atoms with Crippen LogP contribution in [0.5, 0.6) is 0 Å². The molecular weight excluding hydrogens is 312 g/mol. The predicted octanol–water partition coefficient (Wildman–Crippen LogP) is 3.53. The predicted molar refractivity (Wildman–Crippen MR) is 98.8 cm³/mol. The fourth-order valence-corrected chi connectivity index (χ4v) is 7.80. The largest absolute Gasteiger partial charge is 0.396 e. The summed E-state index contributed by atoms with van der Waals surface area (Å²) in [4.78, 5) is 0. The lowest BCUT2D eigenvalue weighted by atomic mass is 9.46. The third kappa shape index (κ3) is 2.41. The smallest absolute Gasteiger partial charge is 0.0658 e. The van der Waals surface area contributed by atoms with Gasteiger partial charge in [-0.05, 0) is 73.5 Å². The Morgan fingerprint density at radius 1 is 1.16 bits per heavy atom. The van der Waals surface area contributed by atoms with E-state index in [9.17, 15) is 15.3 Å². The first-order valence-electron chi connectivity index (χ1n) is 10.5. The van der Waals surface area contributed by atoms with E-state index in [-0.39, 0.29) is 11.5 Å². The van der Waals surface area contributed by atoms with Crippen LogP contribution in [-0.2, 0) is 0 Å². The van der Waals surface area contributed by atoms with E-state index in [0.29, 0.717) is 42.1 Å². The molecule has 4 rings (SSSR count). The number of rotatable bonds is 2. The van der Waals surface area contributed by atoms with E-state index in [1.165, 1.54) is 31.3 Å². The molecule has 0 bridgehead atoms. The molecule has 0 saturated heterocycles. The molecule has 25 heavy (non-hydrogen) atoms. The highest BCUT2D eigenvalue weighted by Crippen LogP contribution is 2.67. The van der Waals surface area contributed by atoms with Gasteiger partial charge in [-0.1, -0.05) is 32.4 Å². The Morgan fingerprint density at radius 2 is 1.92 bits per heavy atom. The molecule has 142 valence electrons. The normalized spacial score (nSPS) is 53.4. The summed E-state index contributed by atoms with van der Waals surface area (Å²) in [7, 11) is 0. The van der Waals surface area contributed by atoms with E-state index in [1.54, 1.807) is 0 Å². The lowest BCUT2D eigenvalue weighted by Gasteiger charge is -2.59. The summed E-state index contributed by atoms with van der Waals surface area (Å²) < 4.78 is 0. The molecule has 4 aliphatic carbocycles. The molecule has 3 fully saturated rings. The van der Waals surface area contributed by atoms with Gasteiger partial charge in [0.25, 0.3) is 0 Å². The van der Waals surface area contributed by atoms with Crippen molar-refractivity contribution in [2.75, 3.05) is 6.61 Å². The molecule has 3 saturated carbocycles. The minimum absolute atomic E-state index is 0.135. The Kier molecular flexibility index (Phi) is 4.37. The number of aliphatic hydroxyl groups excluding tert-OH is 3. The Labute approximate surface area is 152 Å². The van der Waals surface area contributed by atoms with Crippen molar-refractivity contribution in [3.63, 3.8) is 0 Å². The summed E-state index contributed by atoms with van der Waals surface area (Å²) in [5.74, 6) is 2.97. The first kappa shape index (κ1) is 18.0. The summed E-state index contributed by atoms with van der Waals surface area (Å²) in [5.41, 5.74) is 1.54. The highest BCUT2D eigenvalue weighted by molar-refractivity contribution is 5.27. The molecule has 0 unspecified atom stereocenters. The van der Waals surface area contributed by atoms with E-state index in [2.05, 4.69) is 26.8 Å². The average Bonchev–Trinajstić information content (AvgIpc) is 2.93. The SMILES string of the molecule is C[C@H](CO)[C@H]1CC[C@H]2[C@@H]3CC=C4C[C@@H](O)C[C@H](O)[C@]4(C)[C@H]3CC[C@]12C. The van der Waals surface area contributed by atoms with Crippen molar-refractivity contribution in [1.82, 2.24) is 0 Å². The average molecular weight is 349 g/mol. The molecule has 0 aromatic rings. The summed E-state index contributed by atoms with van der Waals surface area (Å²) in [6.07, 6.45) is 8.95. The maximum Gasteiger partial charge on any atom is 0.0658 e. The number of hydrogen-bond donors (Lipinski definition) is 3. The third-order valence-corrected chi connectivity index (χ3v) is 9.23. The third-order valence-electron chi connectivity index (χ3n) is 9.23. The second kappa shape index (κ2) is 6.07. The van der Waals surface area contributed by atoms with Crippen LogP contribution in [0.25, 0.3) is 0 Å². The van der Waals surface area contributed by atoms with Gasteiger partial charge < -0.3 is 15.3 Å². The van der Waals surface area contributed by atoms with Crippen LogP contribution in [0.2, 0.25) is 0 Å². The van der Waals surface area contributed by atoms with Gasteiger partial charge in [0.05, 0.1) is 12.2 Å². The van der Waals surface area contributed by atoms with Crippen molar-refractivity contribution in [1.29, 1.82) is 0 Å². The van der Waals surface area contributed by atoms with Crippen molar-refractivity contribution in [3.05, 3.63) is 11.6 Å². The zero-order chi connectivity index (χ0) is 18.0. The van der Waals surface area contributed by atoms with E-state index in [4.69, 9.17) is 0 Å². The Hall–Kier alpha value is -0.380. The molecule has 0 spiro atoms. The summed E-state index contributed by atoms with van der Waals surface area (Å²) in [5, 5.41) is 30.8. The molecule has 0 aliphatic heterocycles. The molecule has 0 heterocycles. The lowest BCUT2D eigenvalue weighted by Crippen LogP contribution is -2.55. The van der Waals surface area contributed by atoms with Crippen LogP contribution in [-0.4, -0.2) is 34.1 Å². The van der Waals surface area contributed by atoms with Gasteiger partial charge in [-0.2, -0.15) is 0 Å². The van der Waals surface area contributed by atoms with Crippen molar-refractivity contribution in [3.8, 4) is 0 Å². The maximum atomic E-state index is 10.9. The van der Waals surface area contributed by atoms with Crippen LogP contribution in [0.15, 0.2) is 11.6 Å². The van der Waals surface area contributed by atoms with Gasteiger partial charge in [-0.15, -0.1) is 0 Å². The van der Waals surface area contributed by atoms with Gasteiger partial charge in [-0.25, -0.2) is 0 Å². The van der Waals surface area contributed by atoms with Gasteiger partial charge in [0.15, 0.2) is 0 Å². The molecule has 0 aromatic carbocycles. The molecule has 0 amide bonds. The number of hydrogen-bond acceptors (Lipinski definition) is 3. The molecule has 0 aromatic heterocycles. The first-order valence-corrected chi connectivity index (χ1v) is 10.5. The fourth-order valence-electron chi connectivity index (χ4n) is 7.80. The molecular formula is C22H36O3. The quantitative estimate of drug-likeness (QED) is 0.669. The van der Waals surface area contributed by atoms with Gasteiger partial charge in [-0.3, -0.25) is 0 Å². The summed E-state index contributed by atoms with van der Waals surface area (Å²) in [6.45, 7) is 7.29. The number of allylic oxidation sites excluding steroid dienone is 1. The number of aliphatic hydroxyl groups is 3. The molecule has 9 atom stereocenters. The highest BCUT2D eigenvalue weighted by Gasteiger charge is 2.60. The Balaban J connectivity index is 1.66. The molecule has 0 radical (unpaired) electrons. The van der Waals surface area contributed by atoms with Crippen LogP contribution in [0, 0.1) is 40.4 Å². The number of fused-ring (bicyclic) bond motifs is 5. The van der Waals surface area contributed by atoms with Gasteiger partial charge in [0.1, 0.15) is 0 Å². The summed E-state index contributed by atoms with van der Waals surface area (Å²) >= 11 is 0. The highest BCUT2D eigenvalue weighted by atomic mass is 16.3. The summed E-state index contributed by atoms with van der Waals surface area (Å²) in [6, 6.07) is 0. The van der Waals surface area contributed by atoms with E-state index in [1.807, 2.05) is 0 Å². The molecule has 3 nitrogen and oxygen atoms in total. The second-order valence-electron chi connectivity index (χ2n) is 10.1. The van der Waals surface area contributed by atoms with Crippen LogP contribution in [0.4, 0.5) is 0 Å². The van der Waals surface area contributed by atoms with Crippen LogP contribution >= 0.6 is 0 Å². The van der Waals surface area contributed by atoms with E-state index < -0.39 is 6.10 Å². The molecule has 4 aliphatic rings. The van der Waals surface area contributed by atoms with Crippen molar-refractivity contribution < 1.29 is 15.3 Å². The fraction of sp³-hybridized carbons (Fsp3) is 0.909. The minimum Gasteiger partial charge on any atom is -0.396 e. The Bertz CT molecular complexity index is 557. The van der Waals surface area contributed by atoms with Crippen LogP contribution in [0.1, 0.15) is 65.7 Å². The lowest BCUT2D eigenvalue weighted by molar-refractivity contribution is -0.108. The van der Waals surface area contributed by atoms with Crippen molar-refractivity contribution >= 4 is 0 Å². The topological polar surface area (TPSA) is 60.7 Å². The molecule has 3 N–H and O–H groups in total. The van der Waals surface area contributed by atoms with E-state index >= 15 is 0 Å². The van der Waals surface area contributed by atoms with Crippen LogP contribution in [0.3, 0.4) is 0 Å². The zero-order valence-electron chi connectivity index (χ0n) is 16.1. The minimum atomic E-state index is -0.409. The van der Waals surface area contributed by atoms with Gasteiger partial charge in [0.2, 0.25) is 0 Å². The zero-order valence-corrected chi connectivity index (χ0v) is 16.1. The standard InChI is InChI=1S/C22H36O3/c1-13(12-23)17-6-7-18-16-5-4-14-10-15(24)11-20(25)22(14,3)19(16)8-9-21(17,18)2/h4,13,15-20,23-25H,5-12H2,1-3H3/t13-,15-,16+,17-,18+,19+,20+,21-,22+/m1/s1. The van der Waals surface area contributed by atoms with Gasteiger partial charge >= 0.3 is 0 Å². The first-order chi connectivity index (χ1) is 11.8. The van der Waals surface area contributed by atoms with E-state index in [0.717, 1.165) is 18.8 Å². The van der Waals surface area contributed by atoms with Gasteiger partial charge in [0, 0.05) is 18.4 Å². The van der Waals surface area contributed by atoms with Crippen molar-refractivity contribution in [2.45, 2.75) is 77.9 Å². The van der Waals surface area contributed by atoms with Crippen molar-refractivity contribution in [2.24, 2.45) is 40.4 Å². The van der Waals surface area contributed by atoms with Crippen LogP contribution < -0.4 is 0 Å². The second-order valence-corrected chi connectivity index (χ2v) is 10.1. The Morgan fingerprint density at radius 3 is 2.64 bits per heavy atom. The monoisotopic (exact) mass is 348 g/mol.